The Labute approximate surface area is 259 Å². The standard InChI is InChI=1S/C28H26F6N6O4.C2H6/c1-26(2,43)13-35-24(42)18-6-8-20(21(11-18)44-15-28(32,33)34)37-25-38-22-9-7-19(12-40(22)39-25)16-4-3-5-17(10-16)23(41)36-14-27(29,30)31;1-2/h3-12,43H,13-15H2,1-2H3,(H,35,42)(H,36,41)(H,37,39);1-2H3. The Kier molecular flexibility index (Phi) is 11.2. The smallest absolute Gasteiger partial charge is 0.422 e. The predicted octanol–water partition coefficient (Wildman–Crippen LogP) is 5.90. The van der Waals surface area contributed by atoms with Gasteiger partial charge in [-0.25, -0.2) is 4.52 Å². The molecular formula is C30H32F6N6O4. The highest BCUT2D eigenvalue weighted by Gasteiger charge is 2.30. The molecule has 0 fully saturated rings. The summed E-state index contributed by atoms with van der Waals surface area (Å²) >= 11 is 0. The maximum Gasteiger partial charge on any atom is 0.422 e. The summed E-state index contributed by atoms with van der Waals surface area (Å²) in [5.41, 5.74) is 0.177. The quantitative estimate of drug-likeness (QED) is 0.157. The first-order valence-corrected chi connectivity index (χ1v) is 13.9. The molecule has 2 amide bonds. The minimum Gasteiger partial charge on any atom is -0.482 e. The Bertz CT molecular complexity index is 1660. The van der Waals surface area contributed by atoms with Crippen molar-refractivity contribution in [3.63, 3.8) is 0 Å². The number of amides is 2. The summed E-state index contributed by atoms with van der Waals surface area (Å²) < 4.78 is 82.5. The zero-order valence-electron chi connectivity index (χ0n) is 25.2. The molecule has 4 N–H and O–H groups in total. The highest BCUT2D eigenvalue weighted by Crippen LogP contribution is 2.30. The zero-order valence-corrected chi connectivity index (χ0v) is 25.2. The van der Waals surface area contributed by atoms with Crippen LogP contribution in [-0.2, 0) is 0 Å². The average molecular weight is 655 g/mol. The number of ether oxygens (including phenoxy) is 1. The molecule has 10 nitrogen and oxygen atoms in total. The Balaban J connectivity index is 0.00000282. The van der Waals surface area contributed by atoms with Crippen molar-refractivity contribution in [1.82, 2.24) is 25.2 Å². The largest absolute Gasteiger partial charge is 0.482 e. The number of alkyl halides is 6. The number of halogens is 6. The van der Waals surface area contributed by atoms with Gasteiger partial charge in [-0.2, -0.15) is 31.3 Å². The van der Waals surface area contributed by atoms with Gasteiger partial charge in [0.05, 0.1) is 11.3 Å². The molecule has 46 heavy (non-hydrogen) atoms. The van der Waals surface area contributed by atoms with Crippen molar-refractivity contribution >= 4 is 29.1 Å². The summed E-state index contributed by atoms with van der Waals surface area (Å²) in [6.07, 6.45) is -7.68. The fourth-order valence-electron chi connectivity index (χ4n) is 3.79. The number of benzene rings is 2. The number of aliphatic hydroxyl groups is 1. The molecule has 4 rings (SSSR count). The van der Waals surface area contributed by atoms with Crippen molar-refractivity contribution < 1.29 is 45.8 Å². The fourth-order valence-corrected chi connectivity index (χ4v) is 3.79. The van der Waals surface area contributed by atoms with Crippen LogP contribution >= 0.6 is 0 Å². The lowest BCUT2D eigenvalue weighted by molar-refractivity contribution is -0.153. The maximum atomic E-state index is 12.9. The van der Waals surface area contributed by atoms with Gasteiger partial charge in [-0.15, -0.1) is 5.10 Å². The van der Waals surface area contributed by atoms with Gasteiger partial charge in [-0.05, 0) is 61.9 Å². The van der Waals surface area contributed by atoms with E-state index in [1.165, 1.54) is 54.9 Å². The molecule has 248 valence electrons. The van der Waals surface area contributed by atoms with Gasteiger partial charge < -0.3 is 25.8 Å². The molecule has 0 saturated heterocycles. The average Bonchev–Trinajstić information content (AvgIpc) is 3.39. The van der Waals surface area contributed by atoms with E-state index in [0.29, 0.717) is 16.8 Å². The van der Waals surface area contributed by atoms with E-state index >= 15 is 0 Å². The molecule has 0 aliphatic rings. The first-order valence-electron chi connectivity index (χ1n) is 13.9. The molecule has 0 radical (unpaired) electrons. The molecular weight excluding hydrogens is 622 g/mol. The molecule has 0 unspecified atom stereocenters. The second kappa shape index (κ2) is 14.5. The van der Waals surface area contributed by atoms with Gasteiger partial charge >= 0.3 is 12.4 Å². The second-order valence-corrected chi connectivity index (χ2v) is 10.3. The van der Waals surface area contributed by atoms with Crippen LogP contribution in [0.1, 0.15) is 48.4 Å². The van der Waals surface area contributed by atoms with Crippen molar-refractivity contribution in [3.05, 3.63) is 71.9 Å². The van der Waals surface area contributed by atoms with Crippen molar-refractivity contribution in [2.24, 2.45) is 0 Å². The number of carbonyl (C=O) groups excluding carboxylic acids is 2. The summed E-state index contributed by atoms with van der Waals surface area (Å²) in [7, 11) is 0. The van der Waals surface area contributed by atoms with Crippen molar-refractivity contribution in [2.45, 2.75) is 45.6 Å². The molecule has 0 bridgehead atoms. The summed E-state index contributed by atoms with van der Waals surface area (Å²) in [6, 6.07) is 12.9. The number of carbonyl (C=O) groups is 2. The number of pyridine rings is 1. The minimum atomic E-state index is -4.66. The summed E-state index contributed by atoms with van der Waals surface area (Å²) in [4.78, 5) is 29.0. The Morgan fingerprint density at radius 3 is 2.13 bits per heavy atom. The van der Waals surface area contributed by atoms with Crippen LogP contribution in [0.3, 0.4) is 0 Å². The van der Waals surface area contributed by atoms with Crippen LogP contribution in [0.5, 0.6) is 5.75 Å². The molecule has 0 saturated carbocycles. The highest BCUT2D eigenvalue weighted by molar-refractivity contribution is 5.96. The predicted molar refractivity (Wildman–Crippen MR) is 158 cm³/mol. The van der Waals surface area contributed by atoms with Gasteiger partial charge in [0.2, 0.25) is 5.95 Å². The second-order valence-electron chi connectivity index (χ2n) is 10.3. The van der Waals surface area contributed by atoms with Gasteiger partial charge in [0.1, 0.15) is 12.3 Å². The van der Waals surface area contributed by atoms with E-state index in [1.807, 2.05) is 19.2 Å². The third-order valence-corrected chi connectivity index (χ3v) is 5.80. The van der Waals surface area contributed by atoms with Crippen molar-refractivity contribution in [3.8, 4) is 16.9 Å². The third kappa shape index (κ3) is 10.6. The fraction of sp³-hybridized carbons (Fsp3) is 0.333. The van der Waals surface area contributed by atoms with Crippen LogP contribution in [-0.4, -0.2) is 69.2 Å². The lowest BCUT2D eigenvalue weighted by atomic mass is 10.0. The lowest BCUT2D eigenvalue weighted by Crippen LogP contribution is -2.38. The lowest BCUT2D eigenvalue weighted by Gasteiger charge is -2.18. The van der Waals surface area contributed by atoms with Gasteiger partial charge in [0.15, 0.2) is 12.3 Å². The van der Waals surface area contributed by atoms with E-state index in [2.05, 4.69) is 20.7 Å². The van der Waals surface area contributed by atoms with E-state index in [4.69, 9.17) is 4.74 Å². The van der Waals surface area contributed by atoms with E-state index in [0.717, 1.165) is 6.07 Å². The maximum absolute atomic E-state index is 12.9. The topological polar surface area (TPSA) is 130 Å². The van der Waals surface area contributed by atoms with E-state index in [-0.39, 0.29) is 35.1 Å². The number of fused-ring (bicyclic) bond motifs is 1. The summed E-state index contributed by atoms with van der Waals surface area (Å²) in [6.45, 7) is 3.74. The van der Waals surface area contributed by atoms with Crippen LogP contribution in [0.25, 0.3) is 16.8 Å². The molecule has 4 aromatic rings. The number of nitrogens with zero attached hydrogens (tertiary/aromatic N) is 3. The van der Waals surface area contributed by atoms with Crippen LogP contribution in [0.15, 0.2) is 60.8 Å². The Hall–Kier alpha value is -4.86. The highest BCUT2D eigenvalue weighted by atomic mass is 19.4. The number of hydrogen-bond donors (Lipinski definition) is 4. The molecule has 2 heterocycles. The van der Waals surface area contributed by atoms with Crippen LogP contribution in [0, 0.1) is 0 Å². The third-order valence-electron chi connectivity index (χ3n) is 5.80. The Morgan fingerprint density at radius 1 is 0.848 bits per heavy atom. The van der Waals surface area contributed by atoms with Crippen molar-refractivity contribution in [2.75, 3.05) is 25.0 Å². The molecule has 0 aliphatic heterocycles. The number of hydrogen-bond acceptors (Lipinski definition) is 7. The van der Waals surface area contributed by atoms with E-state index in [9.17, 15) is 41.0 Å². The first kappa shape index (κ1) is 35.6. The van der Waals surface area contributed by atoms with Gasteiger partial charge in [-0.1, -0.05) is 26.0 Å². The summed E-state index contributed by atoms with van der Waals surface area (Å²) in [5, 5.41) is 21.2. The van der Waals surface area contributed by atoms with Gasteiger partial charge in [-0.3, -0.25) is 9.59 Å². The molecule has 2 aromatic heterocycles. The van der Waals surface area contributed by atoms with E-state index in [1.54, 1.807) is 18.2 Å². The number of rotatable bonds is 10. The van der Waals surface area contributed by atoms with E-state index < -0.39 is 42.9 Å². The molecule has 0 spiro atoms. The molecule has 0 aliphatic carbocycles. The van der Waals surface area contributed by atoms with Gasteiger partial charge in [0, 0.05) is 29.4 Å². The molecule has 16 heteroatoms. The summed E-state index contributed by atoms with van der Waals surface area (Å²) in [5.74, 6) is -1.88. The first-order chi connectivity index (χ1) is 21.5. The molecule has 0 atom stereocenters. The van der Waals surface area contributed by atoms with Gasteiger partial charge in [0.25, 0.3) is 11.8 Å². The number of anilines is 2. The van der Waals surface area contributed by atoms with Crippen LogP contribution in [0.2, 0.25) is 0 Å². The zero-order chi connectivity index (χ0) is 34.3. The normalized spacial score (nSPS) is 11.8. The SMILES string of the molecule is CC.CC(C)(O)CNC(=O)c1ccc(Nc2nc3ccc(-c4cccc(C(=O)NCC(F)(F)F)c4)cn3n2)c(OCC(F)(F)F)c1. The minimum absolute atomic E-state index is 0.0105. The van der Waals surface area contributed by atoms with Crippen LogP contribution in [0.4, 0.5) is 38.0 Å². The van der Waals surface area contributed by atoms with Crippen LogP contribution < -0.4 is 20.7 Å². The number of aromatic nitrogens is 3. The number of nitrogens with one attached hydrogen (secondary N) is 3. The Morgan fingerprint density at radius 2 is 1.50 bits per heavy atom. The monoisotopic (exact) mass is 654 g/mol. The van der Waals surface area contributed by atoms with Crippen molar-refractivity contribution in [1.29, 1.82) is 0 Å². The molecule has 2 aromatic carbocycles.